The zero-order valence-corrected chi connectivity index (χ0v) is 16.8. The molecule has 1 N–H and O–H groups in total. The highest BCUT2D eigenvalue weighted by atomic mass is 32.2. The molecule has 154 valence electrons. The largest absolute Gasteiger partial charge is 0.275 e. The molecule has 0 fully saturated rings. The van der Waals surface area contributed by atoms with Crippen LogP contribution in [0, 0.1) is 11.6 Å². The van der Waals surface area contributed by atoms with Crippen molar-refractivity contribution in [2.75, 3.05) is 10.1 Å². The van der Waals surface area contributed by atoms with Gasteiger partial charge in [0.15, 0.2) is 11.5 Å². The quantitative estimate of drug-likeness (QED) is 0.479. The molecule has 0 unspecified atom stereocenters. The van der Waals surface area contributed by atoms with Crippen LogP contribution in [-0.4, -0.2) is 29.4 Å². The molecule has 0 bridgehead atoms. The molecule has 0 aliphatic carbocycles. The maximum Gasteiger partial charge on any atom is 0.239 e. The fraction of sp³-hybridized carbons (Fsp3) is 0.143. The van der Waals surface area contributed by atoms with Crippen LogP contribution in [0.15, 0.2) is 60.8 Å². The predicted molar refractivity (Wildman–Crippen MR) is 112 cm³/mol. The van der Waals surface area contributed by atoms with Crippen LogP contribution in [0.1, 0.15) is 13.3 Å². The lowest BCUT2D eigenvalue weighted by Gasteiger charge is -2.24. The fourth-order valence-corrected chi connectivity index (χ4v) is 4.84. The first-order chi connectivity index (χ1) is 14.4. The summed E-state index contributed by atoms with van der Waals surface area (Å²) in [5, 5.41) is 7.66. The van der Waals surface area contributed by atoms with Crippen molar-refractivity contribution in [3.05, 3.63) is 72.4 Å². The van der Waals surface area contributed by atoms with E-state index in [1.165, 1.54) is 6.20 Å². The highest BCUT2D eigenvalue weighted by Crippen LogP contribution is 2.35. The van der Waals surface area contributed by atoms with E-state index in [9.17, 15) is 17.2 Å². The SMILES string of the molecule is CCCS(=O)(=O)N(c1cnc2n[nH]c(-c3ccccc3)c2c1)c1ccc(F)cc1F. The van der Waals surface area contributed by atoms with Gasteiger partial charge in [0.25, 0.3) is 0 Å². The molecule has 0 saturated carbocycles. The van der Waals surface area contributed by atoms with E-state index in [2.05, 4.69) is 15.2 Å². The van der Waals surface area contributed by atoms with Gasteiger partial charge in [0.1, 0.15) is 5.82 Å². The number of nitrogens with one attached hydrogen (secondary N) is 1. The zero-order valence-electron chi connectivity index (χ0n) is 16.0. The summed E-state index contributed by atoms with van der Waals surface area (Å²) in [5.74, 6) is -1.98. The summed E-state index contributed by atoms with van der Waals surface area (Å²) < 4.78 is 54.9. The van der Waals surface area contributed by atoms with Gasteiger partial charge in [0, 0.05) is 17.0 Å². The van der Waals surface area contributed by atoms with Crippen LogP contribution in [0.2, 0.25) is 0 Å². The first kappa shape index (κ1) is 20.0. The number of nitrogens with zero attached hydrogens (tertiary/aromatic N) is 3. The van der Waals surface area contributed by atoms with E-state index in [0.717, 1.165) is 22.0 Å². The smallest absolute Gasteiger partial charge is 0.239 e. The molecule has 2 heterocycles. The van der Waals surface area contributed by atoms with Gasteiger partial charge in [-0.3, -0.25) is 5.10 Å². The van der Waals surface area contributed by atoms with Crippen molar-refractivity contribution in [3.63, 3.8) is 0 Å². The Labute approximate surface area is 172 Å². The van der Waals surface area contributed by atoms with Gasteiger partial charge in [-0.25, -0.2) is 26.5 Å². The summed E-state index contributed by atoms with van der Waals surface area (Å²) in [4.78, 5) is 4.25. The second kappa shape index (κ2) is 7.83. The molecule has 0 radical (unpaired) electrons. The molecule has 4 rings (SSSR count). The van der Waals surface area contributed by atoms with Crippen molar-refractivity contribution in [2.24, 2.45) is 0 Å². The fourth-order valence-electron chi connectivity index (χ4n) is 3.27. The third-order valence-corrected chi connectivity index (χ3v) is 6.45. The number of benzene rings is 2. The third-order valence-electron chi connectivity index (χ3n) is 4.56. The van der Waals surface area contributed by atoms with Crippen molar-refractivity contribution < 1.29 is 17.2 Å². The standard InChI is InChI=1S/C21H18F2N4O2S/c1-2-10-30(28,29)27(19-9-8-15(22)11-18(19)23)16-12-17-20(14-6-4-3-5-7-14)25-26-21(17)24-13-16/h3-9,11-13H,2,10H2,1H3,(H,24,25,26). The number of rotatable bonds is 6. The molecule has 0 aliphatic rings. The van der Waals surface area contributed by atoms with Crippen molar-refractivity contribution >= 4 is 32.4 Å². The molecule has 30 heavy (non-hydrogen) atoms. The molecular formula is C21H18F2N4O2S. The summed E-state index contributed by atoms with van der Waals surface area (Å²) in [6.07, 6.45) is 1.65. The van der Waals surface area contributed by atoms with Gasteiger partial charge in [-0.2, -0.15) is 5.10 Å². The van der Waals surface area contributed by atoms with E-state index in [1.54, 1.807) is 13.0 Å². The minimum Gasteiger partial charge on any atom is -0.275 e. The number of aromatic nitrogens is 3. The van der Waals surface area contributed by atoms with E-state index in [-0.39, 0.29) is 17.1 Å². The Bertz CT molecular complexity index is 1310. The van der Waals surface area contributed by atoms with Crippen molar-refractivity contribution in [1.82, 2.24) is 15.2 Å². The van der Waals surface area contributed by atoms with E-state index in [0.29, 0.717) is 29.2 Å². The van der Waals surface area contributed by atoms with Gasteiger partial charge >= 0.3 is 0 Å². The number of halogens is 2. The molecular weight excluding hydrogens is 410 g/mol. The number of hydrogen-bond acceptors (Lipinski definition) is 4. The summed E-state index contributed by atoms with van der Waals surface area (Å²) in [7, 11) is -3.94. The van der Waals surface area contributed by atoms with Gasteiger partial charge in [-0.15, -0.1) is 0 Å². The molecule has 9 heteroatoms. The van der Waals surface area contributed by atoms with E-state index < -0.39 is 21.7 Å². The Morgan fingerprint density at radius 1 is 1.07 bits per heavy atom. The number of aromatic amines is 1. The Morgan fingerprint density at radius 3 is 2.53 bits per heavy atom. The van der Waals surface area contributed by atoms with Crippen LogP contribution >= 0.6 is 0 Å². The second-order valence-corrected chi connectivity index (χ2v) is 8.64. The highest BCUT2D eigenvalue weighted by molar-refractivity contribution is 7.93. The van der Waals surface area contributed by atoms with E-state index in [1.807, 2.05) is 30.3 Å². The van der Waals surface area contributed by atoms with Crippen molar-refractivity contribution in [2.45, 2.75) is 13.3 Å². The predicted octanol–water partition coefficient (Wildman–Crippen LogP) is 4.78. The molecule has 0 aliphatic heterocycles. The Kier molecular flexibility index (Phi) is 5.21. The first-order valence-corrected chi connectivity index (χ1v) is 10.9. The van der Waals surface area contributed by atoms with Crippen molar-refractivity contribution in [1.29, 1.82) is 0 Å². The molecule has 0 amide bonds. The van der Waals surface area contributed by atoms with Gasteiger partial charge in [0.05, 0.1) is 29.0 Å². The van der Waals surface area contributed by atoms with Crippen LogP contribution in [-0.2, 0) is 10.0 Å². The average molecular weight is 428 g/mol. The number of H-pyrrole nitrogens is 1. The summed E-state index contributed by atoms with van der Waals surface area (Å²) in [5.41, 5.74) is 1.77. The molecule has 0 saturated heterocycles. The summed E-state index contributed by atoms with van der Waals surface area (Å²) in [6.45, 7) is 1.71. The number of hydrogen-bond donors (Lipinski definition) is 1. The molecule has 4 aromatic rings. The van der Waals surface area contributed by atoms with Gasteiger partial charge in [-0.1, -0.05) is 37.3 Å². The normalized spacial score (nSPS) is 11.7. The monoisotopic (exact) mass is 428 g/mol. The highest BCUT2D eigenvalue weighted by Gasteiger charge is 2.27. The van der Waals surface area contributed by atoms with Crippen LogP contribution < -0.4 is 4.31 Å². The number of anilines is 2. The topological polar surface area (TPSA) is 79.0 Å². The van der Waals surface area contributed by atoms with Crippen molar-refractivity contribution in [3.8, 4) is 11.3 Å². The van der Waals surface area contributed by atoms with Crippen LogP contribution in [0.5, 0.6) is 0 Å². The lowest BCUT2D eigenvalue weighted by atomic mass is 10.1. The van der Waals surface area contributed by atoms with Crippen LogP contribution in [0.25, 0.3) is 22.3 Å². The number of pyridine rings is 1. The Balaban J connectivity index is 1.93. The average Bonchev–Trinajstić information content (AvgIpc) is 3.14. The lowest BCUT2D eigenvalue weighted by molar-refractivity contribution is 0.578. The minimum absolute atomic E-state index is 0.139. The molecule has 6 nitrogen and oxygen atoms in total. The molecule has 0 spiro atoms. The molecule has 2 aromatic heterocycles. The minimum atomic E-state index is -3.94. The number of sulfonamides is 1. The first-order valence-electron chi connectivity index (χ1n) is 9.28. The maximum atomic E-state index is 14.6. The van der Waals surface area contributed by atoms with Gasteiger partial charge in [-0.05, 0) is 24.6 Å². The zero-order chi connectivity index (χ0) is 21.3. The van der Waals surface area contributed by atoms with Gasteiger partial charge in [0.2, 0.25) is 10.0 Å². The summed E-state index contributed by atoms with van der Waals surface area (Å²) in [6, 6.07) is 13.7. The van der Waals surface area contributed by atoms with E-state index >= 15 is 0 Å². The second-order valence-electron chi connectivity index (χ2n) is 6.71. The van der Waals surface area contributed by atoms with Crippen LogP contribution in [0.3, 0.4) is 0 Å². The lowest BCUT2D eigenvalue weighted by Crippen LogP contribution is -2.29. The molecule has 2 aromatic carbocycles. The van der Waals surface area contributed by atoms with Crippen LogP contribution in [0.4, 0.5) is 20.2 Å². The Morgan fingerprint density at radius 2 is 1.83 bits per heavy atom. The Hall–Kier alpha value is -3.33. The number of fused-ring (bicyclic) bond motifs is 1. The van der Waals surface area contributed by atoms with E-state index in [4.69, 9.17) is 0 Å². The maximum absolute atomic E-state index is 14.6. The molecule has 0 atom stereocenters. The summed E-state index contributed by atoms with van der Waals surface area (Å²) >= 11 is 0. The van der Waals surface area contributed by atoms with Gasteiger partial charge < -0.3 is 0 Å². The third kappa shape index (κ3) is 3.63.